The van der Waals surface area contributed by atoms with E-state index in [1.54, 1.807) is 6.20 Å². The molecular weight excluding hydrogens is 214 g/mol. The number of para-hydroxylation sites is 2. The number of benzene rings is 1. The van der Waals surface area contributed by atoms with Gasteiger partial charge in [-0.3, -0.25) is 0 Å². The molecule has 3 N–H and O–H groups in total. The highest BCUT2D eigenvalue weighted by molar-refractivity contribution is 5.51. The number of nitrogens with one attached hydrogen (secondary N) is 1. The molecule has 2 aromatic rings. The summed E-state index contributed by atoms with van der Waals surface area (Å²) in [5, 5.41) is 3.16. The number of rotatable bonds is 5. The Morgan fingerprint density at radius 1 is 1.12 bits per heavy atom. The summed E-state index contributed by atoms with van der Waals surface area (Å²) in [6.45, 7) is 1.23. The zero-order chi connectivity index (χ0) is 11.9. The van der Waals surface area contributed by atoms with Crippen LogP contribution in [0.15, 0.2) is 48.7 Å². The summed E-state index contributed by atoms with van der Waals surface area (Å²) in [7, 11) is 0. The number of hydrogen-bond donors (Lipinski definition) is 2. The van der Waals surface area contributed by atoms with Gasteiger partial charge in [-0.1, -0.05) is 18.2 Å². The Labute approximate surface area is 100 Å². The smallest absolute Gasteiger partial charge is 0.142 e. The van der Waals surface area contributed by atoms with Crippen molar-refractivity contribution in [2.75, 3.05) is 24.2 Å². The fourth-order valence-electron chi connectivity index (χ4n) is 1.42. The highest BCUT2D eigenvalue weighted by atomic mass is 16.5. The predicted molar refractivity (Wildman–Crippen MR) is 69.1 cm³/mol. The van der Waals surface area contributed by atoms with E-state index in [1.165, 1.54) is 0 Å². The fourth-order valence-corrected chi connectivity index (χ4v) is 1.42. The van der Waals surface area contributed by atoms with Crippen molar-refractivity contribution in [3.63, 3.8) is 0 Å². The number of anilines is 2. The largest absolute Gasteiger partial charge is 0.490 e. The first-order valence-electron chi connectivity index (χ1n) is 5.48. The number of nitrogen functional groups attached to an aromatic ring is 1. The third kappa shape index (κ3) is 3.38. The van der Waals surface area contributed by atoms with Gasteiger partial charge in [0.2, 0.25) is 0 Å². The van der Waals surface area contributed by atoms with E-state index in [-0.39, 0.29) is 0 Å². The lowest BCUT2D eigenvalue weighted by molar-refractivity contribution is 0.334. The fraction of sp³-hybridized carbons (Fsp3) is 0.154. The van der Waals surface area contributed by atoms with Gasteiger partial charge in [-0.2, -0.15) is 0 Å². The normalized spacial score (nSPS) is 9.88. The van der Waals surface area contributed by atoms with Crippen molar-refractivity contribution in [2.45, 2.75) is 0 Å². The lowest BCUT2D eigenvalue weighted by Crippen LogP contribution is -2.12. The van der Waals surface area contributed by atoms with Gasteiger partial charge in [0, 0.05) is 6.20 Å². The van der Waals surface area contributed by atoms with Crippen LogP contribution in [0.2, 0.25) is 0 Å². The van der Waals surface area contributed by atoms with Crippen molar-refractivity contribution in [3.05, 3.63) is 48.7 Å². The molecule has 0 saturated carbocycles. The maximum absolute atomic E-state index is 5.76. The third-order valence-electron chi connectivity index (χ3n) is 2.25. The molecule has 0 fully saturated rings. The summed E-state index contributed by atoms with van der Waals surface area (Å²) >= 11 is 0. The topological polar surface area (TPSA) is 60.2 Å². The van der Waals surface area contributed by atoms with Gasteiger partial charge in [0.1, 0.15) is 18.2 Å². The molecule has 4 heteroatoms. The Hall–Kier alpha value is -2.23. The van der Waals surface area contributed by atoms with Crippen LogP contribution >= 0.6 is 0 Å². The minimum absolute atomic E-state index is 0.546. The lowest BCUT2D eigenvalue weighted by Gasteiger charge is -2.09. The van der Waals surface area contributed by atoms with E-state index < -0.39 is 0 Å². The van der Waals surface area contributed by atoms with E-state index in [2.05, 4.69) is 10.3 Å². The SMILES string of the molecule is Nc1ccccc1OCCNc1ccccn1. The Morgan fingerprint density at radius 3 is 2.71 bits per heavy atom. The van der Waals surface area contributed by atoms with Crippen LogP contribution < -0.4 is 15.8 Å². The Morgan fingerprint density at radius 2 is 1.94 bits per heavy atom. The molecule has 0 bridgehead atoms. The summed E-state index contributed by atoms with van der Waals surface area (Å²) in [5.74, 6) is 1.56. The van der Waals surface area contributed by atoms with Crippen LogP contribution in [0, 0.1) is 0 Å². The van der Waals surface area contributed by atoms with E-state index in [1.807, 2.05) is 42.5 Å². The summed E-state index contributed by atoms with van der Waals surface area (Å²) in [6, 6.07) is 13.2. The molecule has 0 unspecified atom stereocenters. The zero-order valence-corrected chi connectivity index (χ0v) is 9.47. The molecule has 0 atom stereocenters. The summed E-state index contributed by atoms with van der Waals surface area (Å²) in [6.07, 6.45) is 1.75. The molecule has 0 radical (unpaired) electrons. The number of nitrogens with zero attached hydrogens (tertiary/aromatic N) is 1. The van der Waals surface area contributed by atoms with E-state index in [0.717, 1.165) is 11.6 Å². The standard InChI is InChI=1S/C13H15N3O/c14-11-5-1-2-6-12(11)17-10-9-16-13-7-3-4-8-15-13/h1-8H,9-10,14H2,(H,15,16). The van der Waals surface area contributed by atoms with Gasteiger partial charge in [-0.25, -0.2) is 4.98 Å². The molecule has 1 aromatic heterocycles. The number of pyridine rings is 1. The Bertz CT molecular complexity index is 459. The summed E-state index contributed by atoms with van der Waals surface area (Å²) in [4.78, 5) is 4.15. The van der Waals surface area contributed by atoms with Crippen molar-refractivity contribution >= 4 is 11.5 Å². The van der Waals surface area contributed by atoms with Gasteiger partial charge in [0.25, 0.3) is 0 Å². The Balaban J connectivity index is 1.76. The number of ether oxygens (including phenoxy) is 1. The van der Waals surface area contributed by atoms with Crippen LogP contribution in [0.5, 0.6) is 5.75 Å². The molecular formula is C13H15N3O. The predicted octanol–water partition coefficient (Wildman–Crippen LogP) is 2.15. The minimum Gasteiger partial charge on any atom is -0.490 e. The lowest BCUT2D eigenvalue weighted by atomic mass is 10.3. The second-order valence-corrected chi connectivity index (χ2v) is 3.53. The average molecular weight is 229 g/mol. The maximum atomic E-state index is 5.76. The zero-order valence-electron chi connectivity index (χ0n) is 9.47. The van der Waals surface area contributed by atoms with Crippen LogP contribution in [0.1, 0.15) is 0 Å². The molecule has 4 nitrogen and oxygen atoms in total. The van der Waals surface area contributed by atoms with Crippen LogP contribution in [-0.4, -0.2) is 18.1 Å². The molecule has 0 amide bonds. The van der Waals surface area contributed by atoms with E-state index in [9.17, 15) is 0 Å². The Kier molecular flexibility index (Phi) is 3.81. The van der Waals surface area contributed by atoms with Crippen LogP contribution in [0.25, 0.3) is 0 Å². The summed E-state index contributed by atoms with van der Waals surface area (Å²) < 4.78 is 5.54. The van der Waals surface area contributed by atoms with E-state index >= 15 is 0 Å². The quantitative estimate of drug-likeness (QED) is 0.609. The monoisotopic (exact) mass is 229 g/mol. The molecule has 1 heterocycles. The number of nitrogens with two attached hydrogens (primary N) is 1. The van der Waals surface area contributed by atoms with Gasteiger partial charge in [-0.15, -0.1) is 0 Å². The third-order valence-corrected chi connectivity index (χ3v) is 2.25. The van der Waals surface area contributed by atoms with Crippen molar-refractivity contribution in [3.8, 4) is 5.75 Å². The van der Waals surface area contributed by atoms with Crippen molar-refractivity contribution < 1.29 is 4.74 Å². The van der Waals surface area contributed by atoms with E-state index in [0.29, 0.717) is 18.8 Å². The molecule has 1 aromatic carbocycles. The van der Waals surface area contributed by atoms with Crippen LogP contribution in [-0.2, 0) is 0 Å². The first kappa shape index (κ1) is 11.3. The van der Waals surface area contributed by atoms with Gasteiger partial charge < -0.3 is 15.8 Å². The molecule has 0 aliphatic heterocycles. The van der Waals surface area contributed by atoms with E-state index in [4.69, 9.17) is 10.5 Å². The van der Waals surface area contributed by atoms with Gasteiger partial charge in [-0.05, 0) is 24.3 Å². The molecule has 2 rings (SSSR count). The van der Waals surface area contributed by atoms with Gasteiger partial charge in [0.15, 0.2) is 0 Å². The summed E-state index contributed by atoms with van der Waals surface area (Å²) in [5.41, 5.74) is 6.41. The highest BCUT2D eigenvalue weighted by Crippen LogP contribution is 2.19. The van der Waals surface area contributed by atoms with Crippen molar-refractivity contribution in [2.24, 2.45) is 0 Å². The first-order chi connectivity index (χ1) is 8.36. The van der Waals surface area contributed by atoms with Crippen molar-refractivity contribution in [1.82, 2.24) is 4.98 Å². The molecule has 88 valence electrons. The van der Waals surface area contributed by atoms with Gasteiger partial charge >= 0.3 is 0 Å². The maximum Gasteiger partial charge on any atom is 0.142 e. The molecule has 0 spiro atoms. The highest BCUT2D eigenvalue weighted by Gasteiger charge is 1.97. The van der Waals surface area contributed by atoms with Crippen molar-refractivity contribution in [1.29, 1.82) is 0 Å². The molecule has 0 aliphatic rings. The molecule has 0 saturated heterocycles. The van der Waals surface area contributed by atoms with Crippen LogP contribution in [0.3, 0.4) is 0 Å². The van der Waals surface area contributed by atoms with Crippen LogP contribution in [0.4, 0.5) is 11.5 Å². The second kappa shape index (κ2) is 5.75. The second-order valence-electron chi connectivity index (χ2n) is 3.53. The molecule has 17 heavy (non-hydrogen) atoms. The molecule has 0 aliphatic carbocycles. The number of hydrogen-bond acceptors (Lipinski definition) is 4. The minimum atomic E-state index is 0.546. The number of aromatic nitrogens is 1. The average Bonchev–Trinajstić information content (AvgIpc) is 2.38. The van der Waals surface area contributed by atoms with Gasteiger partial charge in [0.05, 0.1) is 12.2 Å². The first-order valence-corrected chi connectivity index (χ1v) is 5.48.